The number of aliphatic hydroxyl groups is 1. The smallest absolute Gasteiger partial charge is 0.140 e. The maximum Gasteiger partial charge on any atom is 0.140 e. The van der Waals surface area contributed by atoms with Gasteiger partial charge in [-0.2, -0.15) is 0 Å². The zero-order valence-corrected chi connectivity index (χ0v) is 4.96. The molecule has 0 aliphatic carbocycles. The summed E-state index contributed by atoms with van der Waals surface area (Å²) in [6, 6.07) is -0.234. The van der Waals surface area contributed by atoms with Crippen molar-refractivity contribution in [1.82, 2.24) is 5.09 Å². The average Bonchev–Trinajstić information content (AvgIpc) is 1.35. The van der Waals surface area contributed by atoms with Crippen LogP contribution < -0.4 is 5.09 Å². The van der Waals surface area contributed by atoms with Gasteiger partial charge < -0.3 is 5.11 Å². The molecule has 2 N–H and O–H groups in total. The minimum Gasteiger partial charge on any atom is -0.401 e. The van der Waals surface area contributed by atoms with E-state index in [1.54, 1.807) is 7.85 Å². The lowest BCUT2D eigenvalue weighted by molar-refractivity contribution is 0.260. The summed E-state index contributed by atoms with van der Waals surface area (Å²) in [4.78, 5) is 0. The van der Waals surface area contributed by atoms with Crippen molar-refractivity contribution >= 4 is 17.2 Å². The van der Waals surface area contributed by atoms with E-state index in [0.717, 1.165) is 0 Å². The number of aliphatic hydroxyl groups excluding tert-OH is 1. The molecule has 0 spiro atoms. The van der Waals surface area contributed by atoms with E-state index in [-0.39, 0.29) is 6.00 Å². The second-order valence-corrected chi connectivity index (χ2v) is 1.67. The highest BCUT2D eigenvalue weighted by Gasteiger charge is 1.87. The van der Waals surface area contributed by atoms with Gasteiger partial charge in [-0.15, -0.1) is 0 Å². The Balaban J connectivity index is 2.63. The van der Waals surface area contributed by atoms with Crippen LogP contribution in [-0.4, -0.2) is 25.5 Å². The summed E-state index contributed by atoms with van der Waals surface area (Å²) in [5, 5.41) is 11.2. The molecular weight excluding hydrogens is 95.8 g/mol. The molecule has 6 heavy (non-hydrogen) atoms. The Morgan fingerprint density at radius 3 is 2.50 bits per heavy atom. The normalized spacial score (nSPS) is 14.3. The molecule has 2 atom stereocenters. The molecule has 0 aliphatic rings. The molecule has 0 aromatic rings. The molecule has 0 aliphatic heterocycles. The maximum atomic E-state index is 8.48. The molecule has 0 saturated heterocycles. The topological polar surface area (TPSA) is 32.3 Å². The van der Waals surface area contributed by atoms with Gasteiger partial charge in [-0.1, -0.05) is 9.39 Å². The highest BCUT2D eigenvalue weighted by molar-refractivity contribution is 7.13. The van der Waals surface area contributed by atoms with Crippen molar-refractivity contribution in [3.05, 3.63) is 0 Å². The fourth-order valence-electron chi connectivity index (χ4n) is 0.171. The van der Waals surface area contributed by atoms with Gasteiger partial charge in [0.15, 0.2) is 0 Å². The Morgan fingerprint density at radius 1 is 2.00 bits per heavy atom. The van der Waals surface area contributed by atoms with Crippen LogP contribution in [0.4, 0.5) is 0 Å². The van der Waals surface area contributed by atoms with E-state index in [1.807, 2.05) is 0 Å². The molecule has 0 fully saturated rings. The number of rotatable bonds is 2. The summed E-state index contributed by atoms with van der Waals surface area (Å²) >= 11 is 0. The van der Waals surface area contributed by atoms with Gasteiger partial charge in [0.1, 0.15) is 7.85 Å². The van der Waals surface area contributed by atoms with Crippen LogP contribution in [0.3, 0.4) is 0 Å². The van der Waals surface area contributed by atoms with Gasteiger partial charge in [0.25, 0.3) is 0 Å². The second kappa shape index (κ2) is 3.60. The Bertz CT molecular complexity index is 34.7. The van der Waals surface area contributed by atoms with E-state index in [1.165, 1.54) is 0 Å². The Morgan fingerprint density at radius 2 is 2.50 bits per heavy atom. The van der Waals surface area contributed by atoms with E-state index < -0.39 is 0 Å². The van der Waals surface area contributed by atoms with Gasteiger partial charge in [0, 0.05) is 12.5 Å². The first-order valence-corrected chi connectivity index (χ1v) is 2.46. The van der Waals surface area contributed by atoms with Crippen molar-refractivity contribution in [3.8, 4) is 0 Å². The second-order valence-electron chi connectivity index (χ2n) is 1.26. The van der Waals surface area contributed by atoms with Crippen molar-refractivity contribution in [3.63, 3.8) is 0 Å². The first-order chi connectivity index (χ1) is 2.77. The summed E-state index contributed by atoms with van der Waals surface area (Å²) in [7, 11) is 4.05. The van der Waals surface area contributed by atoms with E-state index in [9.17, 15) is 0 Å². The zero-order chi connectivity index (χ0) is 4.99. The van der Waals surface area contributed by atoms with Gasteiger partial charge in [-0.3, -0.25) is 5.09 Å². The van der Waals surface area contributed by atoms with Crippen LogP contribution in [0.2, 0.25) is 0 Å². The van der Waals surface area contributed by atoms with Gasteiger partial charge in [-0.05, 0) is 0 Å². The summed E-state index contributed by atoms with van der Waals surface area (Å²) in [5.41, 5.74) is 0. The van der Waals surface area contributed by atoms with E-state index >= 15 is 0 Å². The average molecular weight is 105 g/mol. The van der Waals surface area contributed by atoms with Crippen molar-refractivity contribution in [2.45, 2.75) is 6.00 Å². The van der Waals surface area contributed by atoms with Gasteiger partial charge in [-0.25, -0.2) is 0 Å². The lowest BCUT2D eigenvalue weighted by atomic mass is 10.0. The summed E-state index contributed by atoms with van der Waals surface area (Å²) in [5.74, 6) is 0. The molecule has 4 heteroatoms. The lowest BCUT2D eigenvalue weighted by Crippen LogP contribution is -2.19. The highest BCUT2D eigenvalue weighted by Crippen LogP contribution is 1.70. The quantitative estimate of drug-likeness (QED) is 0.324. The molecule has 36 valence electrons. The first kappa shape index (κ1) is 6.41. The van der Waals surface area contributed by atoms with Gasteiger partial charge in [0.2, 0.25) is 0 Å². The molecule has 0 aromatic carbocycles. The fourth-order valence-corrected chi connectivity index (χ4v) is 0.512. The van der Waals surface area contributed by atoms with Crippen LogP contribution in [0.15, 0.2) is 0 Å². The van der Waals surface area contributed by atoms with Crippen LogP contribution >= 0.6 is 9.39 Å². The molecule has 2 unspecified atom stereocenters. The van der Waals surface area contributed by atoms with Crippen LogP contribution in [0.25, 0.3) is 0 Å². The van der Waals surface area contributed by atoms with Gasteiger partial charge in [0.05, 0.1) is 0 Å². The third kappa shape index (κ3) is 4.41. The SMILES string of the molecule is BC(O)CNP. The molecule has 0 radical (unpaired) electrons. The molecule has 0 saturated carbocycles. The minimum atomic E-state index is -0.234. The molecular formula is C2H9BNOP. The third-order valence-electron chi connectivity index (χ3n) is 0.413. The monoisotopic (exact) mass is 105 g/mol. The van der Waals surface area contributed by atoms with Gasteiger partial charge >= 0.3 is 0 Å². The Kier molecular flexibility index (Phi) is 3.85. The van der Waals surface area contributed by atoms with Crippen LogP contribution in [0.1, 0.15) is 0 Å². The first-order valence-electron chi connectivity index (χ1n) is 1.89. The Hall–Kier alpha value is 0.415. The van der Waals surface area contributed by atoms with Crippen molar-refractivity contribution in [2.75, 3.05) is 6.54 Å². The highest BCUT2D eigenvalue weighted by atomic mass is 31.0. The minimum absolute atomic E-state index is 0.234. The maximum absolute atomic E-state index is 8.48. The van der Waals surface area contributed by atoms with Crippen LogP contribution in [-0.2, 0) is 0 Å². The lowest BCUT2D eigenvalue weighted by Gasteiger charge is -1.97. The summed E-state index contributed by atoms with van der Waals surface area (Å²) in [6.07, 6.45) is 0. The standard InChI is InChI=1S/C2H9BNOP/c3-2(5)1-4-6/h2,4-5H,1,3,6H2. The fraction of sp³-hybridized carbons (Fsp3) is 1.00. The van der Waals surface area contributed by atoms with E-state index in [2.05, 4.69) is 14.5 Å². The van der Waals surface area contributed by atoms with Crippen LogP contribution in [0.5, 0.6) is 0 Å². The number of hydrogen-bond acceptors (Lipinski definition) is 2. The van der Waals surface area contributed by atoms with Crippen molar-refractivity contribution in [2.24, 2.45) is 0 Å². The predicted octanol–water partition coefficient (Wildman–Crippen LogP) is -1.68. The predicted molar refractivity (Wildman–Crippen MR) is 32.3 cm³/mol. The molecule has 0 rings (SSSR count). The van der Waals surface area contributed by atoms with Crippen molar-refractivity contribution in [1.29, 1.82) is 0 Å². The molecule has 0 aromatic heterocycles. The van der Waals surface area contributed by atoms with E-state index in [4.69, 9.17) is 5.11 Å². The largest absolute Gasteiger partial charge is 0.401 e. The summed E-state index contributed by atoms with van der Waals surface area (Å²) in [6.45, 7) is 0.644. The molecule has 0 bridgehead atoms. The Labute approximate surface area is 41.0 Å². The molecule has 2 nitrogen and oxygen atoms in total. The zero-order valence-electron chi connectivity index (χ0n) is 3.81. The van der Waals surface area contributed by atoms with E-state index in [0.29, 0.717) is 6.54 Å². The number of nitrogens with one attached hydrogen (secondary N) is 1. The summed E-state index contributed by atoms with van der Waals surface area (Å²) < 4.78 is 0. The third-order valence-corrected chi connectivity index (χ3v) is 0.649. The molecule has 0 amide bonds. The van der Waals surface area contributed by atoms with Crippen molar-refractivity contribution < 1.29 is 5.11 Å². The molecule has 0 heterocycles. The van der Waals surface area contributed by atoms with Crippen LogP contribution in [0, 0.1) is 0 Å². The number of hydrogen-bond donors (Lipinski definition) is 2.